The highest BCUT2D eigenvalue weighted by atomic mass is 19.1. The molecule has 4 rings (SSSR count). The number of benzene rings is 1. The van der Waals surface area contributed by atoms with E-state index in [1.54, 1.807) is 35.1 Å². The van der Waals surface area contributed by atoms with Crippen molar-refractivity contribution in [3.8, 4) is 0 Å². The highest BCUT2D eigenvalue weighted by Gasteiger charge is 2.37. The number of β-amino-alcohol motifs (C(OH)–C–C–N with tert-alkyl or cyclic N) is 1. The number of likely N-dealkylation sites (tertiary alicyclic amines) is 1. The summed E-state index contributed by atoms with van der Waals surface area (Å²) in [7, 11) is 0. The van der Waals surface area contributed by atoms with Crippen molar-refractivity contribution in [2.75, 3.05) is 6.54 Å². The molecule has 7 heteroatoms. The van der Waals surface area contributed by atoms with E-state index in [2.05, 4.69) is 4.98 Å². The van der Waals surface area contributed by atoms with Crippen molar-refractivity contribution in [2.45, 2.75) is 18.6 Å². The van der Waals surface area contributed by atoms with Gasteiger partial charge in [0.25, 0.3) is 5.91 Å². The number of halogens is 2. The van der Waals surface area contributed by atoms with Crippen LogP contribution in [-0.2, 0) is 0 Å². The molecule has 0 radical (unpaired) electrons. The molecule has 25 heavy (non-hydrogen) atoms. The molecule has 2 unspecified atom stereocenters. The summed E-state index contributed by atoms with van der Waals surface area (Å²) in [6.45, 7) is 0.0685. The zero-order valence-corrected chi connectivity index (χ0v) is 13.1. The number of nitrogens with zero attached hydrogens (tertiary/aromatic N) is 3. The van der Waals surface area contributed by atoms with Crippen LogP contribution in [0.4, 0.5) is 8.78 Å². The number of aliphatic hydroxyl groups is 1. The molecule has 1 aliphatic rings. The average molecular weight is 343 g/mol. The monoisotopic (exact) mass is 343 g/mol. The van der Waals surface area contributed by atoms with E-state index in [1.807, 2.05) is 0 Å². The fourth-order valence-electron chi connectivity index (χ4n) is 3.31. The molecule has 3 heterocycles. The number of rotatable bonds is 2. The SMILES string of the molecule is O=C(c1ccn2ccnc2c1)N1CC(O)CC1c1cc(F)ccc1F. The number of carbonyl (C=O) groups is 1. The van der Waals surface area contributed by atoms with Crippen molar-refractivity contribution >= 4 is 11.6 Å². The van der Waals surface area contributed by atoms with Crippen LogP contribution in [-0.4, -0.2) is 37.9 Å². The maximum atomic E-state index is 14.2. The van der Waals surface area contributed by atoms with Crippen LogP contribution in [0.25, 0.3) is 5.65 Å². The molecular formula is C18H15F2N3O2. The first-order valence-electron chi connectivity index (χ1n) is 7.89. The second-order valence-electron chi connectivity index (χ2n) is 6.14. The summed E-state index contributed by atoms with van der Waals surface area (Å²) in [6.07, 6.45) is 4.46. The van der Waals surface area contributed by atoms with Gasteiger partial charge in [-0.15, -0.1) is 0 Å². The van der Waals surface area contributed by atoms with Gasteiger partial charge in [0.15, 0.2) is 0 Å². The number of hydrogen-bond acceptors (Lipinski definition) is 3. The van der Waals surface area contributed by atoms with Crippen LogP contribution in [0.3, 0.4) is 0 Å². The Labute approximate surface area is 142 Å². The second-order valence-corrected chi connectivity index (χ2v) is 6.14. The van der Waals surface area contributed by atoms with E-state index in [4.69, 9.17) is 0 Å². The summed E-state index contributed by atoms with van der Waals surface area (Å²) >= 11 is 0. The number of amides is 1. The van der Waals surface area contributed by atoms with Crippen LogP contribution in [0, 0.1) is 11.6 Å². The van der Waals surface area contributed by atoms with E-state index < -0.39 is 23.8 Å². The van der Waals surface area contributed by atoms with Gasteiger partial charge in [0.1, 0.15) is 17.3 Å². The minimum atomic E-state index is -0.785. The highest BCUT2D eigenvalue weighted by Crippen LogP contribution is 2.35. The lowest BCUT2D eigenvalue weighted by Crippen LogP contribution is -2.32. The first-order valence-corrected chi connectivity index (χ1v) is 7.89. The first kappa shape index (κ1) is 15.7. The number of imidazole rings is 1. The highest BCUT2D eigenvalue weighted by molar-refractivity contribution is 5.95. The van der Waals surface area contributed by atoms with E-state index in [1.165, 1.54) is 4.90 Å². The van der Waals surface area contributed by atoms with Gasteiger partial charge in [-0.1, -0.05) is 0 Å². The van der Waals surface area contributed by atoms with Crippen molar-refractivity contribution in [3.63, 3.8) is 0 Å². The molecule has 1 fully saturated rings. The van der Waals surface area contributed by atoms with Gasteiger partial charge in [0, 0.05) is 36.3 Å². The van der Waals surface area contributed by atoms with Crippen molar-refractivity contribution in [1.29, 1.82) is 0 Å². The van der Waals surface area contributed by atoms with Gasteiger partial charge in [0.05, 0.1) is 12.1 Å². The zero-order valence-electron chi connectivity index (χ0n) is 13.1. The average Bonchev–Trinajstić information content (AvgIpc) is 3.22. The van der Waals surface area contributed by atoms with E-state index in [0.717, 1.165) is 18.2 Å². The number of aromatic nitrogens is 2. The van der Waals surface area contributed by atoms with Crippen LogP contribution in [0.1, 0.15) is 28.4 Å². The lowest BCUT2D eigenvalue weighted by atomic mass is 10.0. The number of fused-ring (bicyclic) bond motifs is 1. The van der Waals surface area contributed by atoms with Crippen LogP contribution < -0.4 is 0 Å². The van der Waals surface area contributed by atoms with Gasteiger partial charge < -0.3 is 14.4 Å². The lowest BCUT2D eigenvalue weighted by Gasteiger charge is -2.25. The Balaban J connectivity index is 1.71. The molecule has 0 spiro atoms. The van der Waals surface area contributed by atoms with Crippen LogP contribution in [0.2, 0.25) is 0 Å². The fourth-order valence-corrected chi connectivity index (χ4v) is 3.31. The molecule has 1 saturated heterocycles. The number of hydrogen-bond donors (Lipinski definition) is 1. The molecule has 0 bridgehead atoms. The second kappa shape index (κ2) is 5.93. The summed E-state index contributed by atoms with van der Waals surface area (Å²) in [5.74, 6) is -1.53. The predicted molar refractivity (Wildman–Crippen MR) is 86.0 cm³/mol. The van der Waals surface area contributed by atoms with Crippen molar-refractivity contribution in [3.05, 3.63) is 71.7 Å². The molecular weight excluding hydrogens is 328 g/mol. The number of aliphatic hydroxyl groups excluding tert-OH is 1. The molecule has 128 valence electrons. The third kappa shape index (κ3) is 2.76. The predicted octanol–water partition coefficient (Wildman–Crippen LogP) is 2.56. The Hall–Kier alpha value is -2.80. The third-order valence-electron chi connectivity index (χ3n) is 4.50. The molecule has 3 aromatic rings. The molecule has 1 amide bonds. The smallest absolute Gasteiger partial charge is 0.254 e. The van der Waals surface area contributed by atoms with E-state index >= 15 is 0 Å². The molecule has 0 saturated carbocycles. The summed E-state index contributed by atoms with van der Waals surface area (Å²) in [5, 5.41) is 10.00. The minimum absolute atomic E-state index is 0.0685. The minimum Gasteiger partial charge on any atom is -0.391 e. The number of pyridine rings is 1. The molecule has 2 aromatic heterocycles. The standard InChI is InChI=1S/C18H15F2N3O2/c19-12-1-2-15(20)14(8-12)16-9-13(24)10-23(16)18(25)11-3-5-22-6-4-21-17(22)7-11/h1-8,13,16,24H,9-10H2. The zero-order chi connectivity index (χ0) is 17.6. The molecule has 5 nitrogen and oxygen atoms in total. The van der Waals surface area contributed by atoms with Gasteiger partial charge in [-0.05, 0) is 36.8 Å². The molecule has 1 aromatic carbocycles. The topological polar surface area (TPSA) is 57.8 Å². The van der Waals surface area contributed by atoms with Crippen molar-refractivity contribution in [2.24, 2.45) is 0 Å². The molecule has 0 aliphatic carbocycles. The maximum absolute atomic E-state index is 14.2. The van der Waals surface area contributed by atoms with Gasteiger partial charge in [-0.2, -0.15) is 0 Å². The van der Waals surface area contributed by atoms with E-state index in [-0.39, 0.29) is 24.4 Å². The Bertz CT molecular complexity index is 956. The molecule has 1 aliphatic heterocycles. The normalized spacial score (nSPS) is 20.4. The third-order valence-corrected chi connectivity index (χ3v) is 4.50. The summed E-state index contributed by atoms with van der Waals surface area (Å²) in [4.78, 5) is 18.4. The Morgan fingerprint density at radius 2 is 2.04 bits per heavy atom. The van der Waals surface area contributed by atoms with Gasteiger partial charge in [-0.25, -0.2) is 13.8 Å². The van der Waals surface area contributed by atoms with E-state index in [0.29, 0.717) is 11.2 Å². The Kier molecular flexibility index (Phi) is 3.73. The van der Waals surface area contributed by atoms with Crippen LogP contribution >= 0.6 is 0 Å². The number of carbonyl (C=O) groups excluding carboxylic acids is 1. The van der Waals surface area contributed by atoms with Crippen molar-refractivity contribution < 1.29 is 18.7 Å². The Morgan fingerprint density at radius 1 is 1.20 bits per heavy atom. The first-order chi connectivity index (χ1) is 12.0. The summed E-state index contributed by atoms with van der Waals surface area (Å²) < 4.78 is 29.5. The van der Waals surface area contributed by atoms with Crippen LogP contribution in [0.5, 0.6) is 0 Å². The lowest BCUT2D eigenvalue weighted by molar-refractivity contribution is 0.0713. The van der Waals surface area contributed by atoms with Gasteiger partial charge in [-0.3, -0.25) is 4.79 Å². The molecule has 1 N–H and O–H groups in total. The van der Waals surface area contributed by atoms with Gasteiger partial charge >= 0.3 is 0 Å². The van der Waals surface area contributed by atoms with Crippen molar-refractivity contribution in [1.82, 2.24) is 14.3 Å². The maximum Gasteiger partial charge on any atom is 0.254 e. The fraction of sp³-hybridized carbons (Fsp3) is 0.222. The Morgan fingerprint density at radius 3 is 2.88 bits per heavy atom. The quantitative estimate of drug-likeness (QED) is 0.778. The molecule has 2 atom stereocenters. The summed E-state index contributed by atoms with van der Waals surface area (Å²) in [5.41, 5.74) is 1.07. The summed E-state index contributed by atoms with van der Waals surface area (Å²) in [6, 6.07) is 5.70. The largest absolute Gasteiger partial charge is 0.391 e. The van der Waals surface area contributed by atoms with E-state index in [9.17, 15) is 18.7 Å². The van der Waals surface area contributed by atoms with Crippen LogP contribution in [0.15, 0.2) is 48.9 Å². The van der Waals surface area contributed by atoms with Gasteiger partial charge in [0.2, 0.25) is 0 Å².